The van der Waals surface area contributed by atoms with Gasteiger partial charge in [0, 0.05) is 16.0 Å². The molecule has 0 saturated heterocycles. The Morgan fingerprint density at radius 1 is 1.05 bits per heavy atom. The number of nitrogens with one attached hydrogen (secondary N) is 2. The van der Waals surface area contributed by atoms with E-state index in [1.165, 1.54) is 29.6 Å². The number of halogens is 1. The van der Waals surface area contributed by atoms with Crippen LogP contribution < -0.4 is 16.0 Å². The van der Waals surface area contributed by atoms with Crippen molar-refractivity contribution in [2.45, 2.75) is 4.21 Å². The van der Waals surface area contributed by atoms with Crippen molar-refractivity contribution in [2.24, 2.45) is 5.14 Å². The molecule has 0 unspecified atom stereocenters. The van der Waals surface area contributed by atoms with E-state index in [1.807, 2.05) is 0 Å². The zero-order chi connectivity index (χ0) is 16.3. The Morgan fingerprint density at radius 3 is 2.09 bits per heavy atom. The number of primary sulfonamides is 1. The first-order valence-electron chi connectivity index (χ1n) is 5.75. The molecule has 0 spiro atoms. The molecule has 0 atom stereocenters. The predicted octanol–water partition coefficient (Wildman–Crippen LogP) is 1.12. The number of rotatable bonds is 3. The molecule has 2 rings (SSSR count). The van der Waals surface area contributed by atoms with E-state index in [0.717, 1.165) is 17.4 Å². The van der Waals surface area contributed by atoms with Crippen molar-refractivity contribution in [2.75, 3.05) is 0 Å². The van der Waals surface area contributed by atoms with Crippen molar-refractivity contribution in [1.29, 1.82) is 0 Å². The molecule has 10 heteroatoms. The van der Waals surface area contributed by atoms with Crippen LogP contribution in [0.1, 0.15) is 20.7 Å². The Labute approximate surface area is 135 Å². The quantitative estimate of drug-likeness (QED) is 0.711. The lowest BCUT2D eigenvalue weighted by Crippen LogP contribution is -2.41. The van der Waals surface area contributed by atoms with Gasteiger partial charge in [0.25, 0.3) is 11.8 Å². The van der Waals surface area contributed by atoms with Crippen LogP contribution in [0.3, 0.4) is 0 Å². The van der Waals surface area contributed by atoms with Crippen molar-refractivity contribution < 1.29 is 18.0 Å². The maximum atomic E-state index is 11.8. The van der Waals surface area contributed by atoms with Gasteiger partial charge >= 0.3 is 0 Å². The second kappa shape index (κ2) is 6.44. The highest BCUT2D eigenvalue weighted by Crippen LogP contribution is 2.18. The summed E-state index contributed by atoms with van der Waals surface area (Å²) in [6.07, 6.45) is 0. The van der Waals surface area contributed by atoms with E-state index in [9.17, 15) is 18.0 Å². The van der Waals surface area contributed by atoms with E-state index in [-0.39, 0.29) is 9.77 Å². The lowest BCUT2D eigenvalue weighted by atomic mass is 10.2. The van der Waals surface area contributed by atoms with Gasteiger partial charge in [-0.15, -0.1) is 11.3 Å². The minimum absolute atomic E-state index is 0.0745. The molecular weight excluding hydrogens is 350 g/mol. The Bertz CT molecular complexity index is 815. The molecular formula is C12H10ClN3O4S2. The zero-order valence-corrected chi connectivity index (χ0v) is 13.3. The number of hydrogen-bond donors (Lipinski definition) is 3. The molecule has 7 nitrogen and oxygen atoms in total. The Hall–Kier alpha value is -1.94. The molecule has 1 heterocycles. The van der Waals surface area contributed by atoms with Crippen LogP contribution in [-0.2, 0) is 10.0 Å². The highest BCUT2D eigenvalue weighted by atomic mass is 35.5. The van der Waals surface area contributed by atoms with E-state index < -0.39 is 21.8 Å². The number of hydrogen-bond acceptors (Lipinski definition) is 5. The number of sulfonamides is 1. The summed E-state index contributed by atoms with van der Waals surface area (Å²) in [7, 11) is -3.86. The molecule has 2 aromatic rings. The van der Waals surface area contributed by atoms with Crippen LogP contribution >= 0.6 is 22.9 Å². The normalized spacial score (nSPS) is 11.0. The van der Waals surface area contributed by atoms with Crippen molar-refractivity contribution in [1.82, 2.24) is 10.9 Å². The average molecular weight is 360 g/mol. The first kappa shape index (κ1) is 16.4. The van der Waals surface area contributed by atoms with Gasteiger partial charge in [-0.1, -0.05) is 11.6 Å². The van der Waals surface area contributed by atoms with Gasteiger partial charge in [0.15, 0.2) is 0 Å². The average Bonchev–Trinajstić information content (AvgIpc) is 2.95. The van der Waals surface area contributed by atoms with Crippen LogP contribution in [0.4, 0.5) is 0 Å². The van der Waals surface area contributed by atoms with Crippen molar-refractivity contribution in [3.05, 3.63) is 51.9 Å². The Morgan fingerprint density at radius 2 is 1.59 bits per heavy atom. The van der Waals surface area contributed by atoms with Crippen molar-refractivity contribution in [3.8, 4) is 0 Å². The lowest BCUT2D eigenvalue weighted by molar-refractivity contribution is 0.0847. The Balaban J connectivity index is 1.99. The zero-order valence-electron chi connectivity index (χ0n) is 10.9. The number of hydrazine groups is 1. The molecule has 4 N–H and O–H groups in total. The second-order valence-corrected chi connectivity index (χ2v) is 7.25. The van der Waals surface area contributed by atoms with Gasteiger partial charge in [0.1, 0.15) is 4.21 Å². The third kappa shape index (κ3) is 4.04. The number of nitrogens with two attached hydrogens (primary N) is 1. The summed E-state index contributed by atoms with van der Waals surface area (Å²) in [6, 6.07) is 7.19. The summed E-state index contributed by atoms with van der Waals surface area (Å²) in [5.74, 6) is -1.19. The molecule has 0 aliphatic rings. The minimum Gasteiger partial charge on any atom is -0.267 e. The number of carbonyl (C=O) groups is 2. The summed E-state index contributed by atoms with van der Waals surface area (Å²) in [5.41, 5.74) is 4.76. The minimum atomic E-state index is -3.86. The fraction of sp³-hybridized carbons (Fsp3) is 0. The molecule has 0 aliphatic heterocycles. The van der Waals surface area contributed by atoms with E-state index >= 15 is 0 Å². The molecule has 0 saturated carbocycles. The van der Waals surface area contributed by atoms with Crippen molar-refractivity contribution >= 4 is 44.8 Å². The standard InChI is InChI=1S/C12H10ClN3O4S2/c13-9-3-1-7(2-4-9)11(17)15-16-12(18)8-5-10(21-6-8)22(14,19)20/h1-6H,(H,15,17)(H,16,18)(H2,14,19,20). The van der Waals surface area contributed by atoms with Gasteiger partial charge in [-0.25, -0.2) is 13.6 Å². The van der Waals surface area contributed by atoms with Crippen LogP contribution in [0.15, 0.2) is 39.9 Å². The molecule has 0 radical (unpaired) electrons. The molecule has 116 valence electrons. The van der Waals surface area contributed by atoms with Gasteiger partial charge in [0.05, 0.1) is 5.56 Å². The molecule has 22 heavy (non-hydrogen) atoms. The molecule has 0 bridgehead atoms. The van der Waals surface area contributed by atoms with Gasteiger partial charge in [0.2, 0.25) is 10.0 Å². The smallest absolute Gasteiger partial charge is 0.267 e. The number of benzene rings is 1. The maximum Gasteiger partial charge on any atom is 0.270 e. The fourth-order valence-corrected chi connectivity index (χ4v) is 3.16. The fourth-order valence-electron chi connectivity index (χ4n) is 1.44. The summed E-state index contributed by atoms with van der Waals surface area (Å²) < 4.78 is 22.1. The van der Waals surface area contributed by atoms with Crippen LogP contribution in [0.25, 0.3) is 0 Å². The number of amides is 2. The molecule has 0 aliphatic carbocycles. The summed E-state index contributed by atoms with van der Waals surface area (Å²) in [5, 5.41) is 6.75. The highest BCUT2D eigenvalue weighted by Gasteiger charge is 2.15. The summed E-state index contributed by atoms with van der Waals surface area (Å²) in [6.45, 7) is 0. The SMILES string of the molecule is NS(=O)(=O)c1cc(C(=O)NNC(=O)c2ccc(Cl)cc2)cs1. The first-order chi connectivity index (χ1) is 10.3. The third-order valence-electron chi connectivity index (χ3n) is 2.51. The predicted molar refractivity (Wildman–Crippen MR) is 82.1 cm³/mol. The van der Waals surface area contributed by atoms with Crippen LogP contribution in [0.2, 0.25) is 5.02 Å². The largest absolute Gasteiger partial charge is 0.270 e. The van der Waals surface area contributed by atoms with Gasteiger partial charge < -0.3 is 0 Å². The highest BCUT2D eigenvalue weighted by molar-refractivity contribution is 7.91. The molecule has 0 fully saturated rings. The van der Waals surface area contributed by atoms with Crippen LogP contribution in [-0.4, -0.2) is 20.2 Å². The van der Waals surface area contributed by atoms with Crippen LogP contribution in [0.5, 0.6) is 0 Å². The van der Waals surface area contributed by atoms with E-state index in [4.69, 9.17) is 16.7 Å². The number of carbonyl (C=O) groups excluding carboxylic acids is 2. The summed E-state index contributed by atoms with van der Waals surface area (Å²) in [4.78, 5) is 23.6. The Kier molecular flexibility index (Phi) is 4.81. The molecule has 2 amide bonds. The second-order valence-electron chi connectivity index (χ2n) is 4.11. The van der Waals surface area contributed by atoms with Gasteiger partial charge in [-0.05, 0) is 30.3 Å². The molecule has 1 aromatic heterocycles. The number of thiophene rings is 1. The first-order valence-corrected chi connectivity index (χ1v) is 8.55. The third-order valence-corrected chi connectivity index (χ3v) is 5.15. The van der Waals surface area contributed by atoms with Crippen molar-refractivity contribution in [3.63, 3.8) is 0 Å². The van der Waals surface area contributed by atoms with E-state index in [1.54, 1.807) is 0 Å². The maximum absolute atomic E-state index is 11.8. The monoisotopic (exact) mass is 359 g/mol. The van der Waals surface area contributed by atoms with Gasteiger partial charge in [-0.2, -0.15) is 0 Å². The van der Waals surface area contributed by atoms with Gasteiger partial charge in [-0.3, -0.25) is 20.4 Å². The molecule has 1 aromatic carbocycles. The van der Waals surface area contributed by atoms with Crippen LogP contribution in [0, 0.1) is 0 Å². The van der Waals surface area contributed by atoms with E-state index in [2.05, 4.69) is 10.9 Å². The lowest BCUT2D eigenvalue weighted by Gasteiger charge is -2.06. The topological polar surface area (TPSA) is 118 Å². The summed E-state index contributed by atoms with van der Waals surface area (Å²) >= 11 is 6.52. The van der Waals surface area contributed by atoms with E-state index in [0.29, 0.717) is 10.6 Å².